The van der Waals surface area contributed by atoms with E-state index in [1.54, 1.807) is 0 Å². The second-order valence-corrected chi connectivity index (χ2v) is 4.76. The third-order valence-corrected chi connectivity index (χ3v) is 3.53. The van der Waals surface area contributed by atoms with Gasteiger partial charge in [-0.2, -0.15) is 0 Å². The standard InChI is InChI=1S/C12H20N2O2/c1-8-10(4-5-16-8)7-14-12(15)9-2-3-11(13)6-9/h2-3,8-11H,4-7,13H2,1H3,(H,14,15). The summed E-state index contributed by atoms with van der Waals surface area (Å²) in [6.07, 6.45) is 5.87. The van der Waals surface area contributed by atoms with Gasteiger partial charge in [-0.1, -0.05) is 12.2 Å². The van der Waals surface area contributed by atoms with E-state index in [0.717, 1.165) is 26.0 Å². The molecule has 4 nitrogen and oxygen atoms in total. The molecule has 0 aromatic carbocycles. The first-order valence-electron chi connectivity index (χ1n) is 6.00. The molecule has 1 aliphatic carbocycles. The lowest BCUT2D eigenvalue weighted by molar-refractivity contribution is -0.123. The number of hydrogen-bond donors (Lipinski definition) is 2. The van der Waals surface area contributed by atoms with Crippen molar-refractivity contribution in [3.8, 4) is 0 Å². The molecule has 0 spiro atoms. The average Bonchev–Trinajstić information content (AvgIpc) is 2.84. The van der Waals surface area contributed by atoms with E-state index in [0.29, 0.717) is 5.92 Å². The number of carbonyl (C=O) groups excluding carboxylic acids is 1. The molecular formula is C12H20N2O2. The fourth-order valence-corrected chi connectivity index (χ4v) is 2.33. The normalized spacial score (nSPS) is 37.9. The summed E-state index contributed by atoms with van der Waals surface area (Å²) in [5.74, 6) is 0.527. The third kappa shape index (κ3) is 2.62. The van der Waals surface area contributed by atoms with Crippen molar-refractivity contribution >= 4 is 5.91 Å². The zero-order valence-corrected chi connectivity index (χ0v) is 9.69. The summed E-state index contributed by atoms with van der Waals surface area (Å²) < 4.78 is 5.45. The Hall–Kier alpha value is -0.870. The van der Waals surface area contributed by atoms with Gasteiger partial charge < -0.3 is 15.8 Å². The van der Waals surface area contributed by atoms with Crippen LogP contribution in [0.4, 0.5) is 0 Å². The molecule has 4 heteroatoms. The first-order valence-corrected chi connectivity index (χ1v) is 6.00. The summed E-state index contributed by atoms with van der Waals surface area (Å²) >= 11 is 0. The van der Waals surface area contributed by atoms with Crippen LogP contribution in [-0.4, -0.2) is 31.2 Å². The molecule has 1 amide bonds. The highest BCUT2D eigenvalue weighted by atomic mass is 16.5. The highest BCUT2D eigenvalue weighted by molar-refractivity contribution is 5.81. The molecule has 4 unspecified atom stereocenters. The minimum Gasteiger partial charge on any atom is -0.378 e. The number of carbonyl (C=O) groups is 1. The molecule has 0 saturated carbocycles. The summed E-state index contributed by atoms with van der Waals surface area (Å²) in [5.41, 5.74) is 5.72. The van der Waals surface area contributed by atoms with Crippen molar-refractivity contribution in [2.75, 3.05) is 13.2 Å². The van der Waals surface area contributed by atoms with E-state index in [1.807, 2.05) is 12.2 Å². The summed E-state index contributed by atoms with van der Waals surface area (Å²) in [7, 11) is 0. The molecule has 1 aliphatic heterocycles. The van der Waals surface area contributed by atoms with Crippen molar-refractivity contribution in [3.05, 3.63) is 12.2 Å². The van der Waals surface area contributed by atoms with Crippen LogP contribution in [0.5, 0.6) is 0 Å². The number of nitrogens with one attached hydrogen (secondary N) is 1. The Balaban J connectivity index is 1.73. The topological polar surface area (TPSA) is 64.3 Å². The van der Waals surface area contributed by atoms with Gasteiger partial charge in [-0.25, -0.2) is 0 Å². The Bertz CT molecular complexity index is 291. The van der Waals surface area contributed by atoms with E-state index in [1.165, 1.54) is 0 Å². The summed E-state index contributed by atoms with van der Waals surface area (Å²) in [6.45, 7) is 3.60. The molecule has 2 aliphatic rings. The van der Waals surface area contributed by atoms with E-state index in [9.17, 15) is 4.79 Å². The summed E-state index contributed by atoms with van der Waals surface area (Å²) in [6, 6.07) is 0.0458. The van der Waals surface area contributed by atoms with Gasteiger partial charge in [0.15, 0.2) is 0 Å². The first-order chi connectivity index (χ1) is 7.66. The highest BCUT2D eigenvalue weighted by Gasteiger charge is 2.27. The van der Waals surface area contributed by atoms with Crippen LogP contribution in [0.25, 0.3) is 0 Å². The molecule has 4 atom stereocenters. The Morgan fingerprint density at radius 2 is 2.38 bits per heavy atom. The molecule has 2 rings (SSSR count). The molecule has 0 bridgehead atoms. The van der Waals surface area contributed by atoms with Crippen LogP contribution in [0.15, 0.2) is 12.2 Å². The Morgan fingerprint density at radius 3 is 2.94 bits per heavy atom. The number of rotatable bonds is 3. The minimum absolute atomic E-state index is 0.0346. The van der Waals surface area contributed by atoms with Gasteiger partial charge in [0.05, 0.1) is 12.0 Å². The lowest BCUT2D eigenvalue weighted by Crippen LogP contribution is -2.35. The van der Waals surface area contributed by atoms with Crippen LogP contribution in [-0.2, 0) is 9.53 Å². The number of amides is 1. The van der Waals surface area contributed by atoms with Crippen molar-refractivity contribution in [1.29, 1.82) is 0 Å². The van der Waals surface area contributed by atoms with Crippen molar-refractivity contribution in [2.24, 2.45) is 17.6 Å². The Morgan fingerprint density at radius 1 is 1.56 bits per heavy atom. The number of ether oxygens (including phenoxy) is 1. The molecule has 0 aromatic heterocycles. The molecule has 0 aromatic rings. The number of hydrogen-bond acceptors (Lipinski definition) is 3. The zero-order valence-electron chi connectivity index (χ0n) is 9.69. The van der Waals surface area contributed by atoms with Crippen molar-refractivity contribution in [3.63, 3.8) is 0 Å². The van der Waals surface area contributed by atoms with Gasteiger partial charge in [0.25, 0.3) is 0 Å². The lowest BCUT2D eigenvalue weighted by atomic mass is 10.0. The van der Waals surface area contributed by atoms with E-state index in [2.05, 4.69) is 12.2 Å². The van der Waals surface area contributed by atoms with Crippen LogP contribution in [0.1, 0.15) is 19.8 Å². The van der Waals surface area contributed by atoms with E-state index >= 15 is 0 Å². The van der Waals surface area contributed by atoms with Crippen LogP contribution >= 0.6 is 0 Å². The molecule has 90 valence electrons. The van der Waals surface area contributed by atoms with E-state index in [-0.39, 0.29) is 24.0 Å². The van der Waals surface area contributed by atoms with Crippen molar-refractivity contribution < 1.29 is 9.53 Å². The van der Waals surface area contributed by atoms with Gasteiger partial charge >= 0.3 is 0 Å². The highest BCUT2D eigenvalue weighted by Crippen LogP contribution is 2.20. The average molecular weight is 224 g/mol. The van der Waals surface area contributed by atoms with Crippen molar-refractivity contribution in [1.82, 2.24) is 5.32 Å². The number of nitrogens with two attached hydrogens (primary N) is 1. The Kier molecular flexibility index (Phi) is 3.61. The van der Waals surface area contributed by atoms with Crippen LogP contribution in [0.3, 0.4) is 0 Å². The van der Waals surface area contributed by atoms with Crippen LogP contribution in [0, 0.1) is 11.8 Å². The predicted molar refractivity (Wildman–Crippen MR) is 61.8 cm³/mol. The molecule has 1 saturated heterocycles. The minimum atomic E-state index is -0.0346. The van der Waals surface area contributed by atoms with Gasteiger partial charge in [-0.05, 0) is 19.8 Å². The maximum Gasteiger partial charge on any atom is 0.227 e. The quantitative estimate of drug-likeness (QED) is 0.683. The van der Waals surface area contributed by atoms with E-state index in [4.69, 9.17) is 10.5 Å². The smallest absolute Gasteiger partial charge is 0.227 e. The van der Waals surface area contributed by atoms with Gasteiger partial charge in [-0.3, -0.25) is 4.79 Å². The van der Waals surface area contributed by atoms with Crippen LogP contribution < -0.4 is 11.1 Å². The molecule has 16 heavy (non-hydrogen) atoms. The largest absolute Gasteiger partial charge is 0.378 e. The molecular weight excluding hydrogens is 204 g/mol. The zero-order chi connectivity index (χ0) is 11.5. The van der Waals surface area contributed by atoms with Gasteiger partial charge in [0.1, 0.15) is 0 Å². The SMILES string of the molecule is CC1OCCC1CNC(=O)C1C=CC(N)C1. The van der Waals surface area contributed by atoms with Crippen molar-refractivity contribution in [2.45, 2.75) is 31.9 Å². The molecule has 3 N–H and O–H groups in total. The molecule has 0 radical (unpaired) electrons. The second-order valence-electron chi connectivity index (χ2n) is 4.76. The van der Waals surface area contributed by atoms with Gasteiger partial charge in [0.2, 0.25) is 5.91 Å². The van der Waals surface area contributed by atoms with Crippen LogP contribution in [0.2, 0.25) is 0 Å². The fraction of sp³-hybridized carbons (Fsp3) is 0.750. The monoisotopic (exact) mass is 224 g/mol. The summed E-state index contributed by atoms with van der Waals surface area (Å²) in [5, 5.41) is 2.99. The van der Waals surface area contributed by atoms with E-state index < -0.39 is 0 Å². The van der Waals surface area contributed by atoms with Gasteiger partial charge in [-0.15, -0.1) is 0 Å². The molecule has 1 heterocycles. The third-order valence-electron chi connectivity index (χ3n) is 3.53. The Labute approximate surface area is 96.2 Å². The maximum absolute atomic E-state index is 11.8. The fourth-order valence-electron chi connectivity index (χ4n) is 2.33. The second kappa shape index (κ2) is 4.97. The molecule has 1 fully saturated rings. The lowest BCUT2D eigenvalue weighted by Gasteiger charge is -2.16. The maximum atomic E-state index is 11.8. The van der Waals surface area contributed by atoms with Gasteiger partial charge in [0, 0.05) is 25.1 Å². The first kappa shape index (κ1) is 11.6. The summed E-state index contributed by atoms with van der Waals surface area (Å²) in [4.78, 5) is 11.8. The predicted octanol–water partition coefficient (Wildman–Crippen LogP) is 0.431.